The summed E-state index contributed by atoms with van der Waals surface area (Å²) in [5, 5.41) is 0. The maximum Gasteiger partial charge on any atom is 0.164 e. The second-order valence-corrected chi connectivity index (χ2v) is 7.43. The molecule has 0 heterocycles. The number of hydrogen-bond acceptors (Lipinski definition) is 7. The molecular weight excluding hydrogens is 412 g/mol. The molecule has 0 spiro atoms. The van der Waals surface area contributed by atoms with Crippen molar-refractivity contribution >= 4 is 0 Å². The van der Waals surface area contributed by atoms with Gasteiger partial charge in [0, 0.05) is 30.4 Å². The molecule has 0 fully saturated rings. The van der Waals surface area contributed by atoms with Gasteiger partial charge in [-0.3, -0.25) is 0 Å². The van der Waals surface area contributed by atoms with Crippen molar-refractivity contribution in [2.45, 2.75) is 32.3 Å². The van der Waals surface area contributed by atoms with Gasteiger partial charge in [-0.05, 0) is 30.4 Å². The Kier molecular flexibility index (Phi) is 9.32. The molecule has 0 bridgehead atoms. The zero-order chi connectivity index (χ0) is 23.8. The largest absolute Gasteiger partial charge is 0.496 e. The molecule has 0 saturated carbocycles. The molecule has 7 heteroatoms. The minimum Gasteiger partial charge on any atom is -0.496 e. The highest BCUT2D eigenvalue weighted by molar-refractivity contribution is 5.54. The molecule has 0 aliphatic heterocycles. The fourth-order valence-corrected chi connectivity index (χ4v) is 4.33. The van der Waals surface area contributed by atoms with Gasteiger partial charge in [0.05, 0.1) is 48.8 Å². The average molecular weight is 449 g/mol. The second-order valence-electron chi connectivity index (χ2n) is 7.43. The predicted octanol–water partition coefficient (Wildman–Crippen LogP) is 5.26. The highest BCUT2D eigenvalue weighted by Crippen LogP contribution is 2.48. The summed E-state index contributed by atoms with van der Waals surface area (Å²) < 4.78 is 39.4. The van der Waals surface area contributed by atoms with Crippen LogP contribution in [-0.4, -0.2) is 49.8 Å². The molecule has 7 nitrogen and oxygen atoms in total. The van der Waals surface area contributed by atoms with E-state index in [1.54, 1.807) is 49.8 Å². The van der Waals surface area contributed by atoms with Crippen LogP contribution in [0.3, 0.4) is 0 Å². The Morgan fingerprint density at radius 2 is 0.938 bits per heavy atom. The third-order valence-electron chi connectivity index (χ3n) is 5.98. The van der Waals surface area contributed by atoms with Crippen molar-refractivity contribution in [3.05, 3.63) is 35.4 Å². The quantitative estimate of drug-likeness (QED) is 0.439. The predicted molar refractivity (Wildman–Crippen MR) is 124 cm³/mol. The van der Waals surface area contributed by atoms with Crippen molar-refractivity contribution < 1.29 is 33.2 Å². The average Bonchev–Trinajstić information content (AvgIpc) is 2.83. The van der Waals surface area contributed by atoms with Gasteiger partial charge in [0.1, 0.15) is 11.5 Å². The first kappa shape index (κ1) is 25.5. The fraction of sp³-hybridized carbons (Fsp3) is 0.520. The lowest BCUT2D eigenvalue weighted by molar-refractivity contribution is 0.0438. The SMILES string of the molecule is CCC(c1cc(OC)c(OC)cc1OC)C(C)C(OC)c1cc(OC)c(OC)cc1OC. The first-order valence-corrected chi connectivity index (χ1v) is 10.6. The highest BCUT2D eigenvalue weighted by atomic mass is 16.5. The van der Waals surface area contributed by atoms with Crippen molar-refractivity contribution in [1.82, 2.24) is 0 Å². The van der Waals surface area contributed by atoms with Crippen LogP contribution in [0.2, 0.25) is 0 Å². The molecule has 2 rings (SSSR count). The Balaban J connectivity index is 2.59. The molecule has 0 saturated heterocycles. The van der Waals surface area contributed by atoms with Gasteiger partial charge in [0.15, 0.2) is 23.0 Å². The van der Waals surface area contributed by atoms with Gasteiger partial charge in [0.2, 0.25) is 0 Å². The lowest BCUT2D eigenvalue weighted by atomic mass is 9.79. The number of ether oxygens (including phenoxy) is 7. The van der Waals surface area contributed by atoms with E-state index in [9.17, 15) is 0 Å². The summed E-state index contributed by atoms with van der Waals surface area (Å²) >= 11 is 0. The van der Waals surface area contributed by atoms with Crippen molar-refractivity contribution in [2.75, 3.05) is 49.8 Å². The zero-order valence-electron chi connectivity index (χ0n) is 20.6. The van der Waals surface area contributed by atoms with E-state index < -0.39 is 0 Å². The van der Waals surface area contributed by atoms with Gasteiger partial charge < -0.3 is 33.2 Å². The third-order valence-corrected chi connectivity index (χ3v) is 5.98. The standard InChI is InChI=1S/C25H36O7/c1-10-16(17-11-21(28-5)23(30-7)13-19(17)26-3)15(2)25(32-9)18-12-22(29-6)24(31-8)14-20(18)27-4/h11-16,25H,10H2,1-9H3. The molecule has 0 amide bonds. The van der Waals surface area contributed by atoms with Crippen LogP contribution in [-0.2, 0) is 4.74 Å². The Morgan fingerprint density at radius 3 is 1.31 bits per heavy atom. The Labute approximate surface area is 191 Å². The monoisotopic (exact) mass is 448 g/mol. The van der Waals surface area contributed by atoms with E-state index in [2.05, 4.69) is 13.8 Å². The number of rotatable bonds is 12. The third kappa shape index (κ3) is 4.99. The first-order valence-electron chi connectivity index (χ1n) is 10.6. The van der Waals surface area contributed by atoms with Gasteiger partial charge in [0.25, 0.3) is 0 Å². The number of benzene rings is 2. The molecule has 178 valence electrons. The first-order chi connectivity index (χ1) is 15.4. The van der Waals surface area contributed by atoms with Crippen LogP contribution in [0.15, 0.2) is 24.3 Å². The Bertz CT molecular complexity index is 810. The molecular formula is C25H36O7. The molecule has 0 aliphatic carbocycles. The molecule has 32 heavy (non-hydrogen) atoms. The summed E-state index contributed by atoms with van der Waals surface area (Å²) in [4.78, 5) is 0. The van der Waals surface area contributed by atoms with Crippen molar-refractivity contribution in [3.63, 3.8) is 0 Å². The minimum atomic E-state index is -0.271. The highest BCUT2D eigenvalue weighted by Gasteiger charge is 2.32. The molecule has 0 radical (unpaired) electrons. The van der Waals surface area contributed by atoms with Crippen molar-refractivity contribution in [3.8, 4) is 34.5 Å². The smallest absolute Gasteiger partial charge is 0.164 e. The lowest BCUT2D eigenvalue weighted by Crippen LogP contribution is -2.21. The van der Waals surface area contributed by atoms with E-state index in [-0.39, 0.29) is 17.9 Å². The van der Waals surface area contributed by atoms with Crippen LogP contribution in [0.5, 0.6) is 34.5 Å². The van der Waals surface area contributed by atoms with Crippen LogP contribution in [0.4, 0.5) is 0 Å². The summed E-state index contributed by atoms with van der Waals surface area (Å²) in [6.45, 7) is 4.31. The van der Waals surface area contributed by atoms with Crippen LogP contribution in [0.25, 0.3) is 0 Å². The molecule has 2 aromatic rings. The Morgan fingerprint density at radius 1 is 0.562 bits per heavy atom. The van der Waals surface area contributed by atoms with E-state index >= 15 is 0 Å². The van der Waals surface area contributed by atoms with Gasteiger partial charge >= 0.3 is 0 Å². The van der Waals surface area contributed by atoms with Gasteiger partial charge in [-0.25, -0.2) is 0 Å². The van der Waals surface area contributed by atoms with E-state index in [0.717, 1.165) is 23.3 Å². The van der Waals surface area contributed by atoms with E-state index in [4.69, 9.17) is 33.2 Å². The summed E-state index contributed by atoms with van der Waals surface area (Å²) in [5.74, 6) is 4.09. The van der Waals surface area contributed by atoms with E-state index in [1.165, 1.54) is 0 Å². The van der Waals surface area contributed by atoms with Crippen molar-refractivity contribution in [2.24, 2.45) is 5.92 Å². The second kappa shape index (κ2) is 11.7. The summed E-state index contributed by atoms with van der Waals surface area (Å²) in [7, 11) is 11.5. The van der Waals surface area contributed by atoms with Crippen LogP contribution < -0.4 is 28.4 Å². The number of methoxy groups -OCH3 is 7. The van der Waals surface area contributed by atoms with E-state index in [0.29, 0.717) is 28.7 Å². The van der Waals surface area contributed by atoms with E-state index in [1.807, 2.05) is 24.3 Å². The summed E-state index contributed by atoms with van der Waals surface area (Å²) in [6.07, 6.45) is 0.593. The number of hydrogen-bond donors (Lipinski definition) is 0. The maximum absolute atomic E-state index is 6.02. The van der Waals surface area contributed by atoms with Crippen LogP contribution >= 0.6 is 0 Å². The molecule has 0 N–H and O–H groups in total. The molecule has 3 unspecified atom stereocenters. The van der Waals surface area contributed by atoms with Crippen LogP contribution in [0, 0.1) is 5.92 Å². The van der Waals surface area contributed by atoms with Gasteiger partial charge in [-0.2, -0.15) is 0 Å². The maximum atomic E-state index is 6.02. The topological polar surface area (TPSA) is 64.6 Å². The van der Waals surface area contributed by atoms with Gasteiger partial charge in [-0.1, -0.05) is 13.8 Å². The minimum absolute atomic E-state index is 0.0593. The molecule has 2 aromatic carbocycles. The summed E-state index contributed by atoms with van der Waals surface area (Å²) in [6, 6.07) is 7.59. The van der Waals surface area contributed by atoms with Gasteiger partial charge in [-0.15, -0.1) is 0 Å². The Hall–Kier alpha value is -2.80. The molecule has 0 aromatic heterocycles. The normalized spacial score (nSPS) is 13.7. The zero-order valence-corrected chi connectivity index (χ0v) is 20.6. The molecule has 3 atom stereocenters. The lowest BCUT2D eigenvalue weighted by Gasteiger charge is -2.32. The summed E-state index contributed by atoms with van der Waals surface area (Å²) in [5.41, 5.74) is 1.92. The fourth-order valence-electron chi connectivity index (χ4n) is 4.33. The van der Waals surface area contributed by atoms with Crippen LogP contribution in [0.1, 0.15) is 43.4 Å². The molecule has 0 aliphatic rings. The van der Waals surface area contributed by atoms with Crippen molar-refractivity contribution in [1.29, 1.82) is 0 Å².